The zero-order valence-corrected chi connectivity index (χ0v) is 19.4. The topological polar surface area (TPSA) is 61.9 Å². The number of benzene rings is 3. The van der Waals surface area contributed by atoms with Gasteiger partial charge in [0.2, 0.25) is 0 Å². The van der Waals surface area contributed by atoms with Gasteiger partial charge in [-0.05, 0) is 48.4 Å². The second-order valence-electron chi connectivity index (χ2n) is 8.20. The van der Waals surface area contributed by atoms with Crippen LogP contribution in [0.4, 0.5) is 16.2 Å². The van der Waals surface area contributed by atoms with Crippen LogP contribution in [0.25, 0.3) is 0 Å². The summed E-state index contributed by atoms with van der Waals surface area (Å²) in [7, 11) is 1.61. The normalized spacial score (nSPS) is 19.2. The summed E-state index contributed by atoms with van der Waals surface area (Å²) in [4.78, 5) is 29.9. The highest BCUT2D eigenvalue weighted by Gasteiger charge is 2.59. The fourth-order valence-electron chi connectivity index (χ4n) is 4.56. The Labute approximate surface area is 197 Å². The van der Waals surface area contributed by atoms with E-state index in [1.807, 2.05) is 79.7 Å². The van der Waals surface area contributed by atoms with Gasteiger partial charge in [-0.2, -0.15) is 0 Å². The quantitative estimate of drug-likeness (QED) is 0.598. The van der Waals surface area contributed by atoms with Crippen molar-refractivity contribution in [3.05, 3.63) is 89.5 Å². The minimum atomic E-state index is -1.12. The van der Waals surface area contributed by atoms with E-state index in [0.29, 0.717) is 30.3 Å². The van der Waals surface area contributed by atoms with Gasteiger partial charge in [0.15, 0.2) is 4.87 Å². The van der Waals surface area contributed by atoms with Crippen LogP contribution in [-0.4, -0.2) is 36.2 Å². The largest absolute Gasteiger partial charge is 0.497 e. The van der Waals surface area contributed by atoms with E-state index in [1.165, 1.54) is 11.8 Å². The summed E-state index contributed by atoms with van der Waals surface area (Å²) in [6.07, 6.45) is 0. The Bertz CT molecular complexity index is 1220. The number of carbonyl (C=O) groups is 2. The number of methoxy groups -OCH3 is 1. The molecule has 0 saturated carbocycles. The number of hydrogen-bond donors (Lipinski definition) is 1. The number of nitrogens with one attached hydrogen (secondary N) is 1. The predicted octanol–water partition coefficient (Wildman–Crippen LogP) is 4.98. The van der Waals surface area contributed by atoms with Gasteiger partial charge in [0, 0.05) is 23.5 Å². The number of ether oxygens (including phenoxy) is 1. The molecule has 1 spiro atoms. The molecule has 0 bridgehead atoms. The first-order valence-corrected chi connectivity index (χ1v) is 11.8. The maximum Gasteiger partial charge on any atom is 0.323 e. The smallest absolute Gasteiger partial charge is 0.323 e. The monoisotopic (exact) mass is 459 g/mol. The summed E-state index contributed by atoms with van der Waals surface area (Å²) in [5.41, 5.74) is 4.41. The van der Waals surface area contributed by atoms with E-state index >= 15 is 0 Å². The van der Waals surface area contributed by atoms with Crippen LogP contribution in [0, 0.1) is 6.92 Å². The van der Waals surface area contributed by atoms with Crippen LogP contribution in [0.2, 0.25) is 0 Å². The van der Waals surface area contributed by atoms with Crippen molar-refractivity contribution in [2.45, 2.75) is 18.3 Å². The minimum Gasteiger partial charge on any atom is -0.497 e. The van der Waals surface area contributed by atoms with Gasteiger partial charge in [-0.15, -0.1) is 11.8 Å². The Kier molecular flexibility index (Phi) is 5.50. The number of urea groups is 1. The fraction of sp³-hybridized carbons (Fsp3) is 0.231. The van der Waals surface area contributed by atoms with Crippen LogP contribution in [0.15, 0.2) is 72.8 Å². The van der Waals surface area contributed by atoms with E-state index in [-0.39, 0.29) is 11.9 Å². The number of aryl methyl sites for hydroxylation is 1. The van der Waals surface area contributed by atoms with Gasteiger partial charge in [-0.1, -0.05) is 42.5 Å². The number of thioether (sulfide) groups is 1. The average Bonchev–Trinajstić information content (AvgIpc) is 3.37. The molecule has 0 aliphatic carbocycles. The molecular formula is C26H25N3O3S. The summed E-state index contributed by atoms with van der Waals surface area (Å²) >= 11 is 1.51. The maximum atomic E-state index is 14.1. The number of rotatable bonds is 4. The zero-order valence-electron chi connectivity index (χ0n) is 18.6. The molecule has 1 atom stereocenters. The number of carbonyl (C=O) groups excluding carboxylic acids is 2. The Morgan fingerprint density at radius 3 is 2.67 bits per heavy atom. The fourth-order valence-corrected chi connectivity index (χ4v) is 6.01. The first-order valence-electron chi connectivity index (χ1n) is 10.9. The van der Waals surface area contributed by atoms with Gasteiger partial charge in [0.05, 0.1) is 19.3 Å². The number of fused-ring (bicyclic) bond motifs is 2. The summed E-state index contributed by atoms with van der Waals surface area (Å²) in [6, 6.07) is 22.9. The Balaban J connectivity index is 1.55. The standard InChI is InChI=1S/C26H25N3O3S/c1-18-7-6-10-20(15-18)27-25(31)29-13-14-33-26(29)22-16-21(32-2)11-12-23(22)28(24(26)30)17-19-8-4-3-5-9-19/h3-12,15-16H,13-14,17H2,1-2H3,(H,27,31). The van der Waals surface area contributed by atoms with E-state index < -0.39 is 4.87 Å². The van der Waals surface area contributed by atoms with Crippen molar-refractivity contribution >= 4 is 35.1 Å². The molecular weight excluding hydrogens is 434 g/mol. The predicted molar refractivity (Wildman–Crippen MR) is 132 cm³/mol. The molecule has 1 N–H and O–H groups in total. The number of hydrogen-bond acceptors (Lipinski definition) is 4. The van der Waals surface area contributed by atoms with Gasteiger partial charge in [0.25, 0.3) is 5.91 Å². The van der Waals surface area contributed by atoms with Gasteiger partial charge in [-0.25, -0.2) is 4.79 Å². The van der Waals surface area contributed by atoms with E-state index in [0.717, 1.165) is 22.4 Å². The Morgan fingerprint density at radius 1 is 1.09 bits per heavy atom. The van der Waals surface area contributed by atoms with E-state index in [4.69, 9.17) is 4.74 Å². The number of anilines is 2. The molecule has 1 saturated heterocycles. The van der Waals surface area contributed by atoms with Crippen molar-refractivity contribution in [1.82, 2.24) is 4.90 Å². The lowest BCUT2D eigenvalue weighted by Crippen LogP contribution is -2.51. The van der Waals surface area contributed by atoms with Crippen LogP contribution in [-0.2, 0) is 16.2 Å². The minimum absolute atomic E-state index is 0.100. The molecule has 0 aromatic heterocycles. The van der Waals surface area contributed by atoms with Gasteiger partial charge in [-0.3, -0.25) is 9.69 Å². The van der Waals surface area contributed by atoms with E-state index in [1.54, 1.807) is 16.9 Å². The second-order valence-corrected chi connectivity index (χ2v) is 9.49. The maximum absolute atomic E-state index is 14.1. The molecule has 1 unspecified atom stereocenters. The Morgan fingerprint density at radius 2 is 1.91 bits per heavy atom. The van der Waals surface area contributed by atoms with Gasteiger partial charge < -0.3 is 15.0 Å². The van der Waals surface area contributed by atoms with E-state index in [2.05, 4.69) is 5.32 Å². The van der Waals surface area contributed by atoms with Crippen molar-refractivity contribution in [1.29, 1.82) is 0 Å². The highest BCUT2D eigenvalue weighted by Crippen LogP contribution is 2.55. The molecule has 2 heterocycles. The highest BCUT2D eigenvalue weighted by molar-refractivity contribution is 8.01. The molecule has 6 nitrogen and oxygen atoms in total. The number of nitrogens with zero attached hydrogens (tertiary/aromatic N) is 2. The van der Waals surface area contributed by atoms with Gasteiger partial charge in [0.1, 0.15) is 5.75 Å². The molecule has 3 aromatic rings. The van der Waals surface area contributed by atoms with Crippen LogP contribution in [0.5, 0.6) is 5.75 Å². The molecule has 7 heteroatoms. The van der Waals surface area contributed by atoms with Crippen LogP contribution < -0.4 is 15.0 Å². The van der Waals surface area contributed by atoms with Crippen LogP contribution >= 0.6 is 11.8 Å². The molecule has 2 aliphatic rings. The van der Waals surface area contributed by atoms with Crippen molar-refractivity contribution < 1.29 is 14.3 Å². The number of amides is 3. The molecule has 0 radical (unpaired) electrons. The molecule has 5 rings (SSSR count). The summed E-state index contributed by atoms with van der Waals surface area (Å²) in [5.74, 6) is 1.23. The lowest BCUT2D eigenvalue weighted by molar-refractivity contribution is -0.123. The summed E-state index contributed by atoms with van der Waals surface area (Å²) in [6.45, 7) is 2.89. The first-order chi connectivity index (χ1) is 16.0. The third-order valence-corrected chi connectivity index (χ3v) is 7.52. The molecule has 2 aliphatic heterocycles. The lowest BCUT2D eigenvalue weighted by atomic mass is 10.1. The molecule has 1 fully saturated rings. The third kappa shape index (κ3) is 3.62. The highest BCUT2D eigenvalue weighted by atomic mass is 32.2. The average molecular weight is 460 g/mol. The van der Waals surface area contributed by atoms with Crippen molar-refractivity contribution in [3.63, 3.8) is 0 Å². The van der Waals surface area contributed by atoms with Crippen LogP contribution in [0.1, 0.15) is 16.7 Å². The molecule has 168 valence electrons. The Hall–Kier alpha value is -3.45. The third-order valence-electron chi connectivity index (χ3n) is 6.10. The van der Waals surface area contributed by atoms with Crippen molar-refractivity contribution in [2.75, 3.05) is 29.6 Å². The summed E-state index contributed by atoms with van der Waals surface area (Å²) in [5, 5.41) is 2.99. The lowest BCUT2D eigenvalue weighted by Gasteiger charge is -2.33. The first kappa shape index (κ1) is 21.4. The molecule has 3 aromatic carbocycles. The molecule has 3 amide bonds. The van der Waals surface area contributed by atoms with Crippen molar-refractivity contribution in [3.8, 4) is 5.75 Å². The summed E-state index contributed by atoms with van der Waals surface area (Å²) < 4.78 is 5.48. The molecule has 33 heavy (non-hydrogen) atoms. The second kappa shape index (κ2) is 8.48. The van der Waals surface area contributed by atoms with E-state index in [9.17, 15) is 9.59 Å². The van der Waals surface area contributed by atoms with Gasteiger partial charge >= 0.3 is 6.03 Å². The van der Waals surface area contributed by atoms with Crippen LogP contribution in [0.3, 0.4) is 0 Å². The van der Waals surface area contributed by atoms with Crippen molar-refractivity contribution in [2.24, 2.45) is 0 Å². The SMILES string of the molecule is COc1ccc2c(c1)C1(SCCN1C(=O)Nc1cccc(C)c1)C(=O)N2Cc1ccccc1. The zero-order chi connectivity index (χ0) is 23.0.